The highest BCUT2D eigenvalue weighted by atomic mass is 79.9. The Morgan fingerprint density at radius 3 is 2.62 bits per heavy atom. The molecule has 0 aliphatic heterocycles. The highest BCUT2D eigenvalue weighted by Gasteiger charge is 2.12. The number of nitro benzene ring substituents is 1. The normalized spacial score (nSPS) is 10.4. The second-order valence-electron chi connectivity index (χ2n) is 4.21. The molecule has 2 rings (SSSR count). The van der Waals surface area contributed by atoms with Crippen molar-refractivity contribution in [1.29, 1.82) is 0 Å². The molecule has 4 nitrogen and oxygen atoms in total. The number of nitrogens with zero attached hydrogens (tertiary/aromatic N) is 1. The van der Waals surface area contributed by atoms with Gasteiger partial charge in [0.2, 0.25) is 0 Å². The fourth-order valence-corrected chi connectivity index (χ4v) is 2.32. The largest absolute Gasteiger partial charge is 0.488 e. The van der Waals surface area contributed by atoms with E-state index in [9.17, 15) is 14.5 Å². The summed E-state index contributed by atoms with van der Waals surface area (Å²) in [5.74, 6) is 0.0108. The minimum Gasteiger partial charge on any atom is -0.488 e. The minimum absolute atomic E-state index is 0.0147. The quantitative estimate of drug-likeness (QED) is 0.426. The van der Waals surface area contributed by atoms with Crippen LogP contribution < -0.4 is 4.74 Å². The van der Waals surface area contributed by atoms with Gasteiger partial charge in [0, 0.05) is 33.6 Å². The molecule has 110 valence electrons. The molecule has 0 aliphatic carbocycles. The molecule has 0 spiro atoms. The van der Waals surface area contributed by atoms with Crippen LogP contribution in [0.15, 0.2) is 36.4 Å². The van der Waals surface area contributed by atoms with Crippen molar-refractivity contribution in [2.45, 2.75) is 11.9 Å². The van der Waals surface area contributed by atoms with Gasteiger partial charge < -0.3 is 4.74 Å². The van der Waals surface area contributed by atoms with E-state index in [-0.39, 0.29) is 12.3 Å². The van der Waals surface area contributed by atoms with E-state index in [1.807, 2.05) is 0 Å². The van der Waals surface area contributed by atoms with Crippen molar-refractivity contribution in [3.8, 4) is 5.75 Å². The molecule has 0 saturated heterocycles. The zero-order chi connectivity index (χ0) is 15.4. The van der Waals surface area contributed by atoms with Gasteiger partial charge in [-0.1, -0.05) is 33.6 Å². The lowest BCUT2D eigenvalue weighted by molar-refractivity contribution is -0.384. The predicted molar refractivity (Wildman–Crippen MR) is 81.5 cm³/mol. The monoisotopic (exact) mass is 373 g/mol. The van der Waals surface area contributed by atoms with E-state index < -0.39 is 10.7 Å². The number of hydrogen-bond acceptors (Lipinski definition) is 3. The molecule has 2 aromatic rings. The summed E-state index contributed by atoms with van der Waals surface area (Å²) in [6, 6.07) is 8.59. The first-order valence-electron chi connectivity index (χ1n) is 5.91. The van der Waals surface area contributed by atoms with E-state index in [0.29, 0.717) is 27.2 Å². The number of rotatable bonds is 5. The molecule has 2 aromatic carbocycles. The number of non-ortho nitro benzene ring substituents is 1. The molecule has 0 atom stereocenters. The van der Waals surface area contributed by atoms with Crippen molar-refractivity contribution in [3.05, 3.63) is 68.5 Å². The Morgan fingerprint density at radius 2 is 2.00 bits per heavy atom. The Balaban J connectivity index is 2.17. The first-order chi connectivity index (χ1) is 10.0. The summed E-state index contributed by atoms with van der Waals surface area (Å²) in [6.07, 6.45) is 0. The fourth-order valence-electron chi connectivity index (χ4n) is 1.72. The Kier molecular flexibility index (Phi) is 5.14. The molecule has 0 unspecified atom stereocenters. The van der Waals surface area contributed by atoms with Crippen molar-refractivity contribution in [3.63, 3.8) is 0 Å². The number of benzene rings is 2. The Hall–Kier alpha value is -1.66. The molecule has 0 aliphatic rings. The fraction of sp³-hybridized carbons (Fsp3) is 0.143. The number of halogens is 3. The maximum Gasteiger partial charge on any atom is 0.270 e. The van der Waals surface area contributed by atoms with Gasteiger partial charge in [0.15, 0.2) is 0 Å². The molecule has 0 bridgehead atoms. The third kappa shape index (κ3) is 3.92. The van der Waals surface area contributed by atoms with Crippen molar-refractivity contribution in [2.75, 3.05) is 0 Å². The van der Waals surface area contributed by atoms with Crippen LogP contribution in [0.2, 0.25) is 5.02 Å². The van der Waals surface area contributed by atoms with E-state index in [2.05, 4.69) is 15.9 Å². The first kappa shape index (κ1) is 15.7. The highest BCUT2D eigenvalue weighted by Crippen LogP contribution is 2.27. The summed E-state index contributed by atoms with van der Waals surface area (Å²) in [4.78, 5) is 10.2. The van der Waals surface area contributed by atoms with E-state index in [1.54, 1.807) is 6.07 Å². The summed E-state index contributed by atoms with van der Waals surface area (Å²) < 4.78 is 19.2. The number of alkyl halides is 1. The van der Waals surface area contributed by atoms with Crippen molar-refractivity contribution in [1.82, 2.24) is 0 Å². The van der Waals surface area contributed by atoms with E-state index in [4.69, 9.17) is 16.3 Å². The molecule has 7 heteroatoms. The molecule has 0 saturated carbocycles. The highest BCUT2D eigenvalue weighted by molar-refractivity contribution is 9.08. The second kappa shape index (κ2) is 6.87. The van der Waals surface area contributed by atoms with Gasteiger partial charge in [0.1, 0.15) is 18.2 Å². The lowest BCUT2D eigenvalue weighted by atomic mass is 10.2. The molecule has 21 heavy (non-hydrogen) atoms. The van der Waals surface area contributed by atoms with Crippen molar-refractivity contribution in [2.24, 2.45) is 0 Å². The van der Waals surface area contributed by atoms with Gasteiger partial charge in [-0.2, -0.15) is 0 Å². The van der Waals surface area contributed by atoms with Crippen LogP contribution in [0, 0.1) is 15.9 Å². The SMILES string of the molecule is O=[N+]([O-])c1ccc(OCc2ccc(Cl)cc2F)c(CBr)c1. The van der Waals surface area contributed by atoms with Crippen molar-refractivity contribution < 1.29 is 14.1 Å². The van der Waals surface area contributed by atoms with Gasteiger partial charge in [-0.05, 0) is 18.2 Å². The molecule has 0 aromatic heterocycles. The van der Waals surface area contributed by atoms with Crippen LogP contribution in [0.5, 0.6) is 5.75 Å². The van der Waals surface area contributed by atoms with Crippen LogP contribution in [0.25, 0.3) is 0 Å². The van der Waals surface area contributed by atoms with Gasteiger partial charge in [-0.3, -0.25) is 10.1 Å². The average Bonchev–Trinajstić information content (AvgIpc) is 2.46. The molecular formula is C14H10BrClFNO3. The molecule has 0 fully saturated rings. The topological polar surface area (TPSA) is 52.4 Å². The standard InChI is InChI=1S/C14H10BrClFNO3/c15-7-10-5-12(18(19)20)3-4-14(10)21-8-9-1-2-11(16)6-13(9)17/h1-6H,7-8H2. The zero-order valence-electron chi connectivity index (χ0n) is 10.7. The van der Waals surface area contributed by atoms with Crippen LogP contribution in [0.1, 0.15) is 11.1 Å². The van der Waals surface area contributed by atoms with Gasteiger partial charge in [-0.25, -0.2) is 4.39 Å². The average molecular weight is 375 g/mol. The summed E-state index contributed by atoms with van der Waals surface area (Å²) in [6.45, 7) is 0.0147. The molecule has 0 heterocycles. The van der Waals surface area contributed by atoms with Crippen molar-refractivity contribution >= 4 is 33.2 Å². The number of nitro groups is 1. The summed E-state index contributed by atoms with van der Waals surface area (Å²) in [5, 5.41) is 11.4. The Labute approximate surface area is 133 Å². The third-order valence-electron chi connectivity index (χ3n) is 2.80. The predicted octanol–water partition coefficient (Wildman–Crippen LogP) is 4.86. The maximum atomic E-state index is 13.6. The van der Waals surface area contributed by atoms with Crippen LogP contribution in [-0.2, 0) is 11.9 Å². The van der Waals surface area contributed by atoms with Gasteiger partial charge in [0.25, 0.3) is 5.69 Å². The van der Waals surface area contributed by atoms with E-state index in [0.717, 1.165) is 0 Å². The minimum atomic E-state index is -0.477. The maximum absolute atomic E-state index is 13.6. The van der Waals surface area contributed by atoms with E-state index >= 15 is 0 Å². The van der Waals surface area contributed by atoms with Crippen LogP contribution >= 0.6 is 27.5 Å². The molecule has 0 N–H and O–H groups in total. The van der Waals surface area contributed by atoms with Gasteiger partial charge >= 0.3 is 0 Å². The zero-order valence-corrected chi connectivity index (χ0v) is 13.0. The van der Waals surface area contributed by atoms with Crippen LogP contribution in [-0.4, -0.2) is 4.92 Å². The lowest BCUT2D eigenvalue weighted by Crippen LogP contribution is -2.01. The first-order valence-corrected chi connectivity index (χ1v) is 7.41. The van der Waals surface area contributed by atoms with Crippen LogP contribution in [0.3, 0.4) is 0 Å². The third-order valence-corrected chi connectivity index (χ3v) is 3.64. The summed E-state index contributed by atoms with van der Waals surface area (Å²) >= 11 is 8.93. The van der Waals surface area contributed by atoms with Gasteiger partial charge in [0.05, 0.1) is 4.92 Å². The number of ether oxygens (including phenoxy) is 1. The smallest absolute Gasteiger partial charge is 0.270 e. The second-order valence-corrected chi connectivity index (χ2v) is 5.20. The Bertz CT molecular complexity index is 681. The molecular weight excluding hydrogens is 365 g/mol. The molecule has 0 amide bonds. The summed E-state index contributed by atoms with van der Waals surface area (Å²) in [5.41, 5.74) is 0.964. The lowest BCUT2D eigenvalue weighted by Gasteiger charge is -2.10. The Morgan fingerprint density at radius 1 is 1.24 bits per heavy atom. The van der Waals surface area contributed by atoms with Crippen LogP contribution in [0.4, 0.5) is 10.1 Å². The number of hydrogen-bond donors (Lipinski definition) is 0. The van der Waals surface area contributed by atoms with E-state index in [1.165, 1.54) is 30.3 Å². The van der Waals surface area contributed by atoms with Gasteiger partial charge in [-0.15, -0.1) is 0 Å². The summed E-state index contributed by atoms with van der Waals surface area (Å²) in [7, 11) is 0. The molecule has 0 radical (unpaired) electrons.